The predicted octanol–water partition coefficient (Wildman–Crippen LogP) is 1.40. The lowest BCUT2D eigenvalue weighted by molar-refractivity contribution is -0.139. The van der Waals surface area contributed by atoms with Gasteiger partial charge in [0.1, 0.15) is 12.4 Å². The van der Waals surface area contributed by atoms with E-state index in [0.717, 1.165) is 0 Å². The van der Waals surface area contributed by atoms with Gasteiger partial charge in [-0.15, -0.1) is 0 Å². The third-order valence-corrected chi connectivity index (χ3v) is 1.70. The van der Waals surface area contributed by atoms with Crippen LogP contribution >= 0.6 is 0 Å². The molecular weight excluding hydrogens is 212 g/mol. The first-order chi connectivity index (χ1) is 7.77. The Bertz CT molecular complexity index is 364. The highest BCUT2D eigenvalue weighted by Gasteiger charge is 2.11. The summed E-state index contributed by atoms with van der Waals surface area (Å²) in [6.07, 6.45) is 2.96. The van der Waals surface area contributed by atoms with E-state index in [1.165, 1.54) is 12.3 Å². The molecule has 0 aromatic carbocycles. The van der Waals surface area contributed by atoms with Gasteiger partial charge in [0.05, 0.1) is 18.4 Å². The lowest BCUT2D eigenvalue weighted by atomic mass is 10.2. The van der Waals surface area contributed by atoms with Crippen molar-refractivity contribution in [2.75, 3.05) is 13.2 Å². The normalized spacial score (nSPS) is 10.9. The zero-order valence-electron chi connectivity index (χ0n) is 8.84. The molecule has 0 aliphatic heterocycles. The minimum absolute atomic E-state index is 0.136. The van der Waals surface area contributed by atoms with Gasteiger partial charge in [0, 0.05) is 0 Å². The predicted molar refractivity (Wildman–Crippen MR) is 55.3 cm³/mol. The monoisotopic (exact) mass is 224 g/mol. The molecule has 5 nitrogen and oxygen atoms in total. The van der Waals surface area contributed by atoms with E-state index in [9.17, 15) is 9.59 Å². The van der Waals surface area contributed by atoms with E-state index < -0.39 is 5.97 Å². The molecule has 0 saturated carbocycles. The lowest BCUT2D eigenvalue weighted by Crippen LogP contribution is -2.12. The molecule has 0 saturated heterocycles. The van der Waals surface area contributed by atoms with Gasteiger partial charge in [-0.25, -0.2) is 4.79 Å². The van der Waals surface area contributed by atoms with Gasteiger partial charge in [0.2, 0.25) is 0 Å². The van der Waals surface area contributed by atoms with Crippen molar-refractivity contribution in [3.8, 4) is 0 Å². The third kappa shape index (κ3) is 3.61. The smallest absolute Gasteiger partial charge is 0.337 e. The number of ether oxygens (including phenoxy) is 2. The van der Waals surface area contributed by atoms with Crippen LogP contribution in [-0.2, 0) is 19.1 Å². The fraction of sp³-hybridized carbons (Fsp3) is 0.273. The molecule has 0 aliphatic rings. The zero-order chi connectivity index (χ0) is 11.8. The van der Waals surface area contributed by atoms with E-state index in [4.69, 9.17) is 9.15 Å². The quantitative estimate of drug-likeness (QED) is 0.415. The Balaban J connectivity index is 2.77. The van der Waals surface area contributed by atoms with Crippen LogP contribution in [0, 0.1) is 0 Å². The zero-order valence-corrected chi connectivity index (χ0v) is 8.84. The fourth-order valence-corrected chi connectivity index (χ4v) is 1.05. The second-order valence-electron chi connectivity index (χ2n) is 2.81. The molecule has 0 spiro atoms. The van der Waals surface area contributed by atoms with Crippen molar-refractivity contribution >= 4 is 18.5 Å². The SMILES string of the molecule is CCOC(=O)/C(=C/c1ccco1)COC=O. The molecule has 0 atom stereocenters. The first-order valence-corrected chi connectivity index (χ1v) is 4.74. The Hall–Kier alpha value is -2.04. The van der Waals surface area contributed by atoms with Crippen molar-refractivity contribution < 1.29 is 23.5 Å². The number of furan rings is 1. The molecule has 0 fully saturated rings. The molecular formula is C11H12O5. The van der Waals surface area contributed by atoms with Gasteiger partial charge >= 0.3 is 5.97 Å². The molecule has 86 valence electrons. The fourth-order valence-electron chi connectivity index (χ4n) is 1.05. The number of carbonyl (C=O) groups is 2. The van der Waals surface area contributed by atoms with Crippen LogP contribution in [0.15, 0.2) is 28.4 Å². The molecule has 1 rings (SSSR count). The summed E-state index contributed by atoms with van der Waals surface area (Å²) in [6.45, 7) is 2.09. The maximum absolute atomic E-state index is 11.4. The third-order valence-electron chi connectivity index (χ3n) is 1.70. The highest BCUT2D eigenvalue weighted by Crippen LogP contribution is 2.09. The summed E-state index contributed by atoms with van der Waals surface area (Å²) < 4.78 is 14.4. The summed E-state index contributed by atoms with van der Waals surface area (Å²) in [7, 11) is 0. The van der Waals surface area contributed by atoms with E-state index in [2.05, 4.69) is 4.74 Å². The average molecular weight is 224 g/mol. The lowest BCUT2D eigenvalue weighted by Gasteiger charge is -2.04. The van der Waals surface area contributed by atoms with Crippen LogP contribution in [-0.4, -0.2) is 25.7 Å². The molecule has 1 heterocycles. The van der Waals surface area contributed by atoms with E-state index in [1.807, 2.05) is 0 Å². The van der Waals surface area contributed by atoms with Gasteiger partial charge in [-0.1, -0.05) is 0 Å². The van der Waals surface area contributed by atoms with E-state index in [0.29, 0.717) is 5.76 Å². The highest BCUT2D eigenvalue weighted by atomic mass is 16.5. The first-order valence-electron chi connectivity index (χ1n) is 4.74. The molecule has 5 heteroatoms. The Morgan fingerprint density at radius 3 is 2.94 bits per heavy atom. The number of hydrogen-bond donors (Lipinski definition) is 0. The van der Waals surface area contributed by atoms with Crippen molar-refractivity contribution in [2.24, 2.45) is 0 Å². The van der Waals surface area contributed by atoms with Crippen molar-refractivity contribution in [3.05, 3.63) is 29.7 Å². The van der Waals surface area contributed by atoms with E-state index in [-0.39, 0.29) is 25.3 Å². The molecule has 0 aliphatic carbocycles. The van der Waals surface area contributed by atoms with Gasteiger partial charge in [-0.2, -0.15) is 0 Å². The first kappa shape index (κ1) is 12.0. The van der Waals surface area contributed by atoms with Crippen LogP contribution in [0.25, 0.3) is 6.08 Å². The standard InChI is InChI=1S/C11H12O5/c1-2-15-11(13)9(7-14-8-12)6-10-4-3-5-16-10/h3-6,8H,2,7H2,1H3/b9-6+. The van der Waals surface area contributed by atoms with Gasteiger partial charge < -0.3 is 13.9 Å². The number of carbonyl (C=O) groups excluding carboxylic acids is 2. The summed E-state index contributed by atoms with van der Waals surface area (Å²) in [5, 5.41) is 0. The molecule has 1 aromatic heterocycles. The largest absolute Gasteiger partial charge is 0.465 e. The van der Waals surface area contributed by atoms with Crippen molar-refractivity contribution in [1.29, 1.82) is 0 Å². The summed E-state index contributed by atoms with van der Waals surface area (Å²) >= 11 is 0. The topological polar surface area (TPSA) is 65.7 Å². The van der Waals surface area contributed by atoms with Crippen molar-refractivity contribution in [2.45, 2.75) is 6.92 Å². The molecule has 0 unspecified atom stereocenters. The molecule has 16 heavy (non-hydrogen) atoms. The van der Waals surface area contributed by atoms with Crippen LogP contribution in [0.1, 0.15) is 12.7 Å². The number of rotatable bonds is 6. The van der Waals surface area contributed by atoms with Crippen molar-refractivity contribution in [3.63, 3.8) is 0 Å². The van der Waals surface area contributed by atoms with Gasteiger partial charge in [0.25, 0.3) is 6.47 Å². The summed E-state index contributed by atoms with van der Waals surface area (Å²) in [5.74, 6) is -0.0293. The van der Waals surface area contributed by atoms with Crippen LogP contribution in [0.2, 0.25) is 0 Å². The van der Waals surface area contributed by atoms with Crippen LogP contribution in [0.5, 0.6) is 0 Å². The Morgan fingerprint density at radius 2 is 2.38 bits per heavy atom. The average Bonchev–Trinajstić information content (AvgIpc) is 2.77. The van der Waals surface area contributed by atoms with Gasteiger partial charge in [0.15, 0.2) is 0 Å². The molecule has 0 radical (unpaired) electrons. The van der Waals surface area contributed by atoms with E-state index in [1.54, 1.807) is 19.1 Å². The number of hydrogen-bond acceptors (Lipinski definition) is 5. The van der Waals surface area contributed by atoms with Crippen LogP contribution in [0.4, 0.5) is 0 Å². The minimum atomic E-state index is -0.527. The molecule has 0 N–H and O–H groups in total. The minimum Gasteiger partial charge on any atom is -0.465 e. The second kappa shape index (κ2) is 6.44. The number of esters is 1. The summed E-state index contributed by atoms with van der Waals surface area (Å²) in [6, 6.07) is 3.37. The Morgan fingerprint density at radius 1 is 1.56 bits per heavy atom. The maximum Gasteiger partial charge on any atom is 0.337 e. The van der Waals surface area contributed by atoms with Crippen molar-refractivity contribution in [1.82, 2.24) is 0 Å². The second-order valence-corrected chi connectivity index (χ2v) is 2.81. The van der Waals surface area contributed by atoms with Crippen LogP contribution in [0.3, 0.4) is 0 Å². The summed E-state index contributed by atoms with van der Waals surface area (Å²) in [4.78, 5) is 21.5. The molecule has 1 aromatic rings. The highest BCUT2D eigenvalue weighted by molar-refractivity contribution is 5.93. The Kier molecular flexibility index (Phi) is 4.85. The Labute approximate surface area is 92.6 Å². The molecule has 0 bridgehead atoms. The van der Waals surface area contributed by atoms with Gasteiger partial charge in [-0.3, -0.25) is 4.79 Å². The van der Waals surface area contributed by atoms with E-state index >= 15 is 0 Å². The van der Waals surface area contributed by atoms with Crippen LogP contribution < -0.4 is 0 Å². The summed E-state index contributed by atoms with van der Waals surface area (Å²) in [5.41, 5.74) is 0.226. The van der Waals surface area contributed by atoms with Gasteiger partial charge in [-0.05, 0) is 25.1 Å². The maximum atomic E-state index is 11.4. The molecule has 0 amide bonds.